The molecule has 1 aromatic carbocycles. The molecule has 0 fully saturated rings. The van der Waals surface area contributed by atoms with Crippen molar-refractivity contribution >= 4 is 32.9 Å². The third-order valence-corrected chi connectivity index (χ3v) is 3.82. The molecule has 0 saturated heterocycles. The standard InChI is InChI=1S/C13H13BrFN5/c1-8(7-19-4-2-3-17-19)20-12-5-9(14)10(15)6-11(12)18-13(20)16/h2-6,8H,7H2,1H3,(H2,16,18). The third kappa shape index (κ3) is 2.18. The van der Waals surface area contributed by atoms with Crippen LogP contribution in [0.25, 0.3) is 11.0 Å². The first-order valence-corrected chi connectivity index (χ1v) is 6.95. The zero-order valence-corrected chi connectivity index (χ0v) is 12.4. The second-order valence-electron chi connectivity index (χ2n) is 4.67. The number of nitrogen functional groups attached to an aromatic ring is 1. The van der Waals surface area contributed by atoms with E-state index < -0.39 is 0 Å². The SMILES string of the molecule is CC(Cn1cccn1)n1c(N)nc2cc(F)c(Br)cc21. The summed E-state index contributed by atoms with van der Waals surface area (Å²) >= 11 is 3.20. The van der Waals surface area contributed by atoms with Gasteiger partial charge in [0.15, 0.2) is 0 Å². The summed E-state index contributed by atoms with van der Waals surface area (Å²) in [6.45, 7) is 2.69. The van der Waals surface area contributed by atoms with Crippen molar-refractivity contribution in [2.24, 2.45) is 0 Å². The molecule has 2 N–H and O–H groups in total. The Kier molecular flexibility index (Phi) is 3.21. The van der Waals surface area contributed by atoms with Gasteiger partial charge in [-0.25, -0.2) is 9.37 Å². The van der Waals surface area contributed by atoms with Crippen LogP contribution >= 0.6 is 15.9 Å². The lowest BCUT2D eigenvalue weighted by molar-refractivity contribution is 0.449. The van der Waals surface area contributed by atoms with Gasteiger partial charge in [0.25, 0.3) is 0 Å². The smallest absolute Gasteiger partial charge is 0.201 e. The maximum Gasteiger partial charge on any atom is 0.201 e. The quantitative estimate of drug-likeness (QED) is 0.799. The number of nitrogens with zero attached hydrogens (tertiary/aromatic N) is 4. The minimum atomic E-state index is -0.345. The predicted octanol–water partition coefficient (Wildman–Crippen LogP) is 2.98. The van der Waals surface area contributed by atoms with Crippen LogP contribution in [0.1, 0.15) is 13.0 Å². The van der Waals surface area contributed by atoms with Crippen LogP contribution < -0.4 is 5.73 Å². The van der Waals surface area contributed by atoms with Crippen molar-refractivity contribution in [1.82, 2.24) is 19.3 Å². The van der Waals surface area contributed by atoms with E-state index in [1.165, 1.54) is 6.07 Å². The number of hydrogen-bond acceptors (Lipinski definition) is 3. The summed E-state index contributed by atoms with van der Waals surface area (Å²) in [7, 11) is 0. The monoisotopic (exact) mass is 337 g/mol. The number of fused-ring (bicyclic) bond motifs is 1. The molecule has 1 unspecified atom stereocenters. The van der Waals surface area contributed by atoms with E-state index in [-0.39, 0.29) is 11.9 Å². The number of hydrogen-bond donors (Lipinski definition) is 1. The summed E-state index contributed by atoms with van der Waals surface area (Å²) in [5.41, 5.74) is 7.32. The van der Waals surface area contributed by atoms with E-state index in [0.29, 0.717) is 22.5 Å². The molecule has 0 saturated carbocycles. The average Bonchev–Trinajstić information content (AvgIpc) is 2.97. The fourth-order valence-corrected chi connectivity index (χ4v) is 2.66. The molecule has 0 aliphatic rings. The molecule has 2 aromatic heterocycles. The van der Waals surface area contributed by atoms with Crippen LogP contribution in [0.3, 0.4) is 0 Å². The predicted molar refractivity (Wildman–Crippen MR) is 78.7 cm³/mol. The highest BCUT2D eigenvalue weighted by Gasteiger charge is 2.16. The van der Waals surface area contributed by atoms with E-state index in [1.54, 1.807) is 12.3 Å². The van der Waals surface area contributed by atoms with Gasteiger partial charge in [-0.15, -0.1) is 0 Å². The van der Waals surface area contributed by atoms with Crippen LogP contribution in [-0.2, 0) is 6.54 Å². The van der Waals surface area contributed by atoms with E-state index in [1.807, 2.05) is 28.4 Å². The second kappa shape index (κ2) is 4.90. The molecule has 0 spiro atoms. The zero-order valence-electron chi connectivity index (χ0n) is 10.8. The van der Waals surface area contributed by atoms with Gasteiger partial charge >= 0.3 is 0 Å². The molecule has 0 aliphatic heterocycles. The van der Waals surface area contributed by atoms with Gasteiger partial charge in [0, 0.05) is 18.5 Å². The zero-order chi connectivity index (χ0) is 14.3. The molecule has 1 atom stereocenters. The number of aromatic nitrogens is 4. The van der Waals surface area contributed by atoms with Gasteiger partial charge in [0.2, 0.25) is 5.95 Å². The van der Waals surface area contributed by atoms with Crippen LogP contribution in [0.4, 0.5) is 10.3 Å². The molecular formula is C13H13BrFN5. The van der Waals surface area contributed by atoms with Gasteiger partial charge in [-0.3, -0.25) is 4.68 Å². The van der Waals surface area contributed by atoms with Crippen LogP contribution in [0.2, 0.25) is 0 Å². The first-order chi connectivity index (χ1) is 9.56. The molecule has 104 valence electrons. The number of anilines is 1. The fourth-order valence-electron chi connectivity index (χ4n) is 2.33. The van der Waals surface area contributed by atoms with E-state index in [0.717, 1.165) is 5.52 Å². The number of imidazole rings is 1. The normalized spacial score (nSPS) is 12.9. The highest BCUT2D eigenvalue weighted by Crippen LogP contribution is 2.28. The number of benzene rings is 1. The van der Waals surface area contributed by atoms with E-state index >= 15 is 0 Å². The summed E-state index contributed by atoms with van der Waals surface area (Å²) < 4.78 is 17.7. The van der Waals surface area contributed by atoms with Crippen molar-refractivity contribution in [3.05, 3.63) is 40.9 Å². The lowest BCUT2D eigenvalue weighted by atomic mass is 10.2. The minimum Gasteiger partial charge on any atom is -0.369 e. The van der Waals surface area contributed by atoms with Gasteiger partial charge in [-0.05, 0) is 35.0 Å². The lowest BCUT2D eigenvalue weighted by Crippen LogP contribution is -2.15. The molecular weight excluding hydrogens is 325 g/mol. The molecule has 5 nitrogen and oxygen atoms in total. The highest BCUT2D eigenvalue weighted by atomic mass is 79.9. The molecule has 0 aliphatic carbocycles. The van der Waals surface area contributed by atoms with Gasteiger partial charge in [-0.1, -0.05) is 0 Å². The molecule has 3 aromatic rings. The van der Waals surface area contributed by atoms with Gasteiger partial charge < -0.3 is 10.3 Å². The summed E-state index contributed by atoms with van der Waals surface area (Å²) in [6, 6.07) is 5.01. The largest absolute Gasteiger partial charge is 0.369 e. The summed E-state index contributed by atoms with van der Waals surface area (Å²) in [5.74, 6) is 0.0269. The van der Waals surface area contributed by atoms with Gasteiger partial charge in [0.1, 0.15) is 5.82 Å². The maximum absolute atomic E-state index is 13.5. The molecule has 0 amide bonds. The number of rotatable bonds is 3. The second-order valence-corrected chi connectivity index (χ2v) is 5.53. The Bertz CT molecular complexity index is 750. The third-order valence-electron chi connectivity index (χ3n) is 3.21. The van der Waals surface area contributed by atoms with Crippen molar-refractivity contribution in [1.29, 1.82) is 0 Å². The van der Waals surface area contributed by atoms with E-state index in [2.05, 4.69) is 26.0 Å². The fraction of sp³-hybridized carbons (Fsp3) is 0.231. The van der Waals surface area contributed by atoms with Crippen molar-refractivity contribution in [3.63, 3.8) is 0 Å². The van der Waals surface area contributed by atoms with Crippen molar-refractivity contribution in [2.45, 2.75) is 19.5 Å². The average molecular weight is 338 g/mol. The van der Waals surface area contributed by atoms with Crippen LogP contribution in [0.5, 0.6) is 0 Å². The van der Waals surface area contributed by atoms with Crippen LogP contribution in [0, 0.1) is 5.82 Å². The molecule has 2 heterocycles. The van der Waals surface area contributed by atoms with Gasteiger partial charge in [-0.2, -0.15) is 5.10 Å². The molecule has 0 bridgehead atoms. The molecule has 7 heteroatoms. The van der Waals surface area contributed by atoms with Crippen molar-refractivity contribution in [3.8, 4) is 0 Å². The minimum absolute atomic E-state index is 0.0530. The highest BCUT2D eigenvalue weighted by molar-refractivity contribution is 9.10. The Hall–Kier alpha value is -1.89. The summed E-state index contributed by atoms with van der Waals surface area (Å²) in [6.07, 6.45) is 3.62. The van der Waals surface area contributed by atoms with E-state index in [4.69, 9.17) is 5.73 Å². The Balaban J connectivity index is 2.06. The Morgan fingerprint density at radius 2 is 2.25 bits per heavy atom. The topological polar surface area (TPSA) is 61.7 Å². The Morgan fingerprint density at radius 1 is 1.45 bits per heavy atom. The Labute approximate surface area is 123 Å². The lowest BCUT2D eigenvalue weighted by Gasteiger charge is -2.16. The molecule has 0 radical (unpaired) electrons. The van der Waals surface area contributed by atoms with Crippen LogP contribution in [-0.4, -0.2) is 19.3 Å². The summed E-state index contributed by atoms with van der Waals surface area (Å²) in [4.78, 5) is 4.22. The first-order valence-electron chi connectivity index (χ1n) is 6.16. The number of nitrogens with two attached hydrogens (primary N) is 1. The van der Waals surface area contributed by atoms with Crippen molar-refractivity contribution in [2.75, 3.05) is 5.73 Å². The van der Waals surface area contributed by atoms with Gasteiger partial charge in [0.05, 0.1) is 28.1 Å². The number of halogens is 2. The van der Waals surface area contributed by atoms with E-state index in [9.17, 15) is 4.39 Å². The maximum atomic E-state index is 13.5. The molecule has 3 rings (SSSR count). The van der Waals surface area contributed by atoms with Crippen LogP contribution in [0.15, 0.2) is 35.1 Å². The van der Waals surface area contributed by atoms with Crippen molar-refractivity contribution < 1.29 is 4.39 Å². The summed E-state index contributed by atoms with van der Waals surface area (Å²) in [5, 5.41) is 4.18. The molecule has 20 heavy (non-hydrogen) atoms. The first kappa shape index (κ1) is 13.1. The Morgan fingerprint density at radius 3 is 2.95 bits per heavy atom.